The van der Waals surface area contributed by atoms with E-state index in [-0.39, 0.29) is 4.90 Å². The SMILES string of the molecule is CCCCCOc1ccc(/C=N/NS(=O)(=O)c2ccc(OC)c(OC)c2)cc1OCC. The van der Waals surface area contributed by atoms with Crippen molar-refractivity contribution in [3.63, 3.8) is 0 Å². The maximum atomic E-state index is 12.5. The maximum Gasteiger partial charge on any atom is 0.276 e. The molecule has 170 valence electrons. The normalized spacial score (nSPS) is 11.4. The number of benzene rings is 2. The van der Waals surface area contributed by atoms with Crippen LogP contribution in [0.4, 0.5) is 0 Å². The van der Waals surface area contributed by atoms with Gasteiger partial charge in [-0.1, -0.05) is 19.8 Å². The third-order valence-corrected chi connectivity index (χ3v) is 5.55. The molecule has 0 aliphatic heterocycles. The molecule has 2 aromatic rings. The molecule has 0 radical (unpaired) electrons. The van der Waals surface area contributed by atoms with Crippen LogP contribution in [0, 0.1) is 0 Å². The summed E-state index contributed by atoms with van der Waals surface area (Å²) in [4.78, 5) is 2.21. The Hall–Kier alpha value is -2.94. The molecule has 0 bridgehead atoms. The Morgan fingerprint density at radius 1 is 0.903 bits per heavy atom. The Kier molecular flexibility index (Phi) is 9.45. The fraction of sp³-hybridized carbons (Fsp3) is 0.409. The molecule has 2 aromatic carbocycles. The number of nitrogens with one attached hydrogen (secondary N) is 1. The van der Waals surface area contributed by atoms with Crippen LogP contribution in [0.2, 0.25) is 0 Å². The maximum absolute atomic E-state index is 12.5. The topological polar surface area (TPSA) is 95.5 Å². The van der Waals surface area contributed by atoms with Crippen LogP contribution in [0.3, 0.4) is 0 Å². The van der Waals surface area contributed by atoms with Gasteiger partial charge >= 0.3 is 0 Å². The number of hydrogen-bond acceptors (Lipinski definition) is 7. The number of ether oxygens (including phenoxy) is 4. The van der Waals surface area contributed by atoms with Crippen LogP contribution in [0.1, 0.15) is 38.7 Å². The Labute approximate surface area is 184 Å². The van der Waals surface area contributed by atoms with Crippen molar-refractivity contribution in [1.29, 1.82) is 0 Å². The monoisotopic (exact) mass is 450 g/mol. The summed E-state index contributed by atoms with van der Waals surface area (Å²) in [6.07, 6.45) is 4.61. The largest absolute Gasteiger partial charge is 0.493 e. The average Bonchev–Trinajstić information content (AvgIpc) is 2.77. The molecule has 0 amide bonds. The molecule has 0 atom stereocenters. The molecule has 0 aromatic heterocycles. The van der Waals surface area contributed by atoms with Crippen molar-refractivity contribution in [2.75, 3.05) is 27.4 Å². The Bertz CT molecular complexity index is 976. The number of sulfonamides is 1. The van der Waals surface area contributed by atoms with Gasteiger partial charge in [0.15, 0.2) is 23.0 Å². The third-order valence-electron chi connectivity index (χ3n) is 4.32. The number of nitrogens with zero attached hydrogens (tertiary/aromatic N) is 1. The van der Waals surface area contributed by atoms with Crippen LogP contribution in [-0.4, -0.2) is 42.1 Å². The molecule has 0 saturated heterocycles. The molecule has 31 heavy (non-hydrogen) atoms. The summed E-state index contributed by atoms with van der Waals surface area (Å²) in [6, 6.07) is 9.64. The van der Waals surface area contributed by atoms with E-state index in [1.165, 1.54) is 38.6 Å². The molecule has 1 N–H and O–H groups in total. The summed E-state index contributed by atoms with van der Waals surface area (Å²) in [5.41, 5.74) is 0.666. The van der Waals surface area contributed by atoms with Crippen molar-refractivity contribution < 1.29 is 27.4 Å². The summed E-state index contributed by atoms with van der Waals surface area (Å²) in [5, 5.41) is 3.87. The van der Waals surface area contributed by atoms with Crippen LogP contribution in [-0.2, 0) is 10.0 Å². The van der Waals surface area contributed by atoms with E-state index in [9.17, 15) is 8.42 Å². The molecule has 0 spiro atoms. The molecule has 0 aliphatic carbocycles. The Morgan fingerprint density at radius 3 is 2.32 bits per heavy atom. The van der Waals surface area contributed by atoms with Gasteiger partial charge in [0.2, 0.25) is 0 Å². The number of methoxy groups -OCH3 is 2. The van der Waals surface area contributed by atoms with Gasteiger partial charge < -0.3 is 18.9 Å². The lowest BCUT2D eigenvalue weighted by atomic mass is 10.2. The van der Waals surface area contributed by atoms with E-state index < -0.39 is 10.0 Å². The van der Waals surface area contributed by atoms with Crippen molar-refractivity contribution in [3.8, 4) is 23.0 Å². The smallest absolute Gasteiger partial charge is 0.276 e. The summed E-state index contributed by atoms with van der Waals surface area (Å²) < 4.78 is 46.8. The molecule has 8 nitrogen and oxygen atoms in total. The lowest BCUT2D eigenvalue weighted by molar-refractivity contribution is 0.271. The van der Waals surface area contributed by atoms with Gasteiger partial charge in [0, 0.05) is 6.07 Å². The van der Waals surface area contributed by atoms with Gasteiger partial charge in [-0.3, -0.25) is 0 Å². The minimum atomic E-state index is -3.87. The molecule has 2 rings (SSSR count). The van der Waals surface area contributed by atoms with Gasteiger partial charge in [-0.15, -0.1) is 0 Å². The van der Waals surface area contributed by atoms with Gasteiger partial charge in [0.1, 0.15) is 0 Å². The second-order valence-corrected chi connectivity index (χ2v) is 8.23. The number of rotatable bonds is 13. The van der Waals surface area contributed by atoms with Crippen molar-refractivity contribution in [2.24, 2.45) is 5.10 Å². The molecule has 0 aliphatic rings. The highest BCUT2D eigenvalue weighted by atomic mass is 32.2. The summed E-state index contributed by atoms with van der Waals surface area (Å²) in [6.45, 7) is 5.13. The van der Waals surface area contributed by atoms with Gasteiger partial charge in [0.25, 0.3) is 10.0 Å². The van der Waals surface area contributed by atoms with Gasteiger partial charge in [0.05, 0.1) is 38.5 Å². The molecule has 0 fully saturated rings. The van der Waals surface area contributed by atoms with Gasteiger partial charge in [-0.05, 0) is 49.2 Å². The fourth-order valence-electron chi connectivity index (χ4n) is 2.73. The second kappa shape index (κ2) is 12.0. The van der Waals surface area contributed by atoms with Crippen LogP contribution < -0.4 is 23.8 Å². The highest BCUT2D eigenvalue weighted by Gasteiger charge is 2.16. The molecular formula is C22H30N2O6S. The molecule has 0 unspecified atom stereocenters. The van der Waals surface area contributed by atoms with Crippen LogP contribution in [0.15, 0.2) is 46.4 Å². The predicted molar refractivity (Wildman–Crippen MR) is 120 cm³/mol. The van der Waals surface area contributed by atoms with Crippen LogP contribution in [0.5, 0.6) is 23.0 Å². The van der Waals surface area contributed by atoms with Crippen molar-refractivity contribution >= 4 is 16.2 Å². The first-order valence-corrected chi connectivity index (χ1v) is 11.6. The summed E-state index contributed by atoms with van der Waals surface area (Å²) in [5.74, 6) is 1.99. The van der Waals surface area contributed by atoms with E-state index in [1.54, 1.807) is 18.2 Å². The highest BCUT2D eigenvalue weighted by molar-refractivity contribution is 7.89. The number of hydrazone groups is 1. The van der Waals surface area contributed by atoms with Crippen LogP contribution in [0.25, 0.3) is 0 Å². The van der Waals surface area contributed by atoms with E-state index in [1.807, 2.05) is 6.92 Å². The number of hydrogen-bond donors (Lipinski definition) is 1. The first-order chi connectivity index (χ1) is 14.9. The first-order valence-electron chi connectivity index (χ1n) is 10.1. The summed E-state index contributed by atoms with van der Waals surface area (Å²) in [7, 11) is -0.957. The van der Waals surface area contributed by atoms with E-state index in [0.29, 0.717) is 41.8 Å². The lowest BCUT2D eigenvalue weighted by Gasteiger charge is -2.12. The Balaban J connectivity index is 2.11. The van der Waals surface area contributed by atoms with Crippen molar-refractivity contribution in [1.82, 2.24) is 4.83 Å². The zero-order chi connectivity index (χ0) is 22.7. The summed E-state index contributed by atoms with van der Waals surface area (Å²) >= 11 is 0. The van der Waals surface area contributed by atoms with Crippen molar-refractivity contribution in [2.45, 2.75) is 38.0 Å². The molecule has 0 heterocycles. The molecule has 9 heteroatoms. The average molecular weight is 451 g/mol. The number of unbranched alkanes of at least 4 members (excludes halogenated alkanes) is 2. The van der Waals surface area contributed by atoms with Gasteiger partial charge in [-0.25, -0.2) is 4.83 Å². The van der Waals surface area contributed by atoms with Crippen molar-refractivity contribution in [3.05, 3.63) is 42.0 Å². The second-order valence-electron chi connectivity index (χ2n) is 6.56. The van der Waals surface area contributed by atoms with E-state index in [2.05, 4.69) is 16.9 Å². The fourth-order valence-corrected chi connectivity index (χ4v) is 3.54. The molecular weight excluding hydrogens is 420 g/mol. The zero-order valence-electron chi connectivity index (χ0n) is 18.4. The predicted octanol–water partition coefficient (Wildman–Crippen LogP) is 3.98. The highest BCUT2D eigenvalue weighted by Crippen LogP contribution is 2.30. The minimum absolute atomic E-state index is 0.00753. The quantitative estimate of drug-likeness (QED) is 0.282. The first kappa shape index (κ1) is 24.3. The third kappa shape index (κ3) is 7.06. The van der Waals surface area contributed by atoms with E-state index >= 15 is 0 Å². The van der Waals surface area contributed by atoms with Gasteiger partial charge in [-0.2, -0.15) is 13.5 Å². The van der Waals surface area contributed by atoms with Crippen LogP contribution >= 0.6 is 0 Å². The lowest BCUT2D eigenvalue weighted by Crippen LogP contribution is -2.18. The Morgan fingerprint density at radius 2 is 1.65 bits per heavy atom. The minimum Gasteiger partial charge on any atom is -0.493 e. The standard InChI is InChI=1S/C22H30N2O6S/c1-5-7-8-13-30-20-11-9-17(14-22(20)29-6-2)16-23-24-31(25,26)18-10-12-19(27-3)21(15-18)28-4/h9-12,14-16,24H,5-8,13H2,1-4H3/b23-16+. The van der Waals surface area contributed by atoms with E-state index in [0.717, 1.165) is 19.3 Å². The zero-order valence-corrected chi connectivity index (χ0v) is 19.2. The van der Waals surface area contributed by atoms with E-state index in [4.69, 9.17) is 18.9 Å². The molecule has 0 saturated carbocycles.